The first-order valence-corrected chi connectivity index (χ1v) is 5.11. The monoisotopic (exact) mass is 201 g/mol. The third kappa shape index (κ3) is 1.91. The minimum absolute atomic E-state index is 0.477. The van der Waals surface area contributed by atoms with Gasteiger partial charge in [-0.2, -0.15) is 0 Å². The van der Waals surface area contributed by atoms with Gasteiger partial charge in [0.15, 0.2) is 0 Å². The lowest BCUT2D eigenvalue weighted by Gasteiger charge is -2.06. The van der Waals surface area contributed by atoms with E-state index in [-0.39, 0.29) is 0 Å². The van der Waals surface area contributed by atoms with Crippen LogP contribution in [0.3, 0.4) is 0 Å². The lowest BCUT2D eigenvalue weighted by Crippen LogP contribution is -1.94. The van der Waals surface area contributed by atoms with E-state index in [1.165, 1.54) is 0 Å². The number of aromatic nitrogens is 3. The predicted molar refractivity (Wildman–Crippen MR) is 60.5 cm³/mol. The Balaban J connectivity index is 2.36. The Morgan fingerprint density at radius 2 is 2.00 bits per heavy atom. The van der Waals surface area contributed by atoms with E-state index in [9.17, 15) is 0 Å². The second-order valence-electron chi connectivity index (χ2n) is 4.02. The SMILES string of the molecule is CC(C)c1ccc(-c2cncn2C)cn1. The van der Waals surface area contributed by atoms with E-state index in [0.29, 0.717) is 5.92 Å². The highest BCUT2D eigenvalue weighted by atomic mass is 15.0. The molecule has 0 aliphatic rings. The molecule has 2 aromatic heterocycles. The van der Waals surface area contributed by atoms with Crippen LogP contribution < -0.4 is 0 Å². The summed E-state index contributed by atoms with van der Waals surface area (Å²) < 4.78 is 1.99. The van der Waals surface area contributed by atoms with Crippen molar-refractivity contribution in [1.82, 2.24) is 14.5 Å². The van der Waals surface area contributed by atoms with Crippen LogP contribution in [0.5, 0.6) is 0 Å². The van der Waals surface area contributed by atoms with Gasteiger partial charge in [-0.05, 0) is 18.1 Å². The van der Waals surface area contributed by atoms with Crippen LogP contribution in [0.1, 0.15) is 25.5 Å². The van der Waals surface area contributed by atoms with Gasteiger partial charge in [0.05, 0.1) is 18.2 Å². The van der Waals surface area contributed by atoms with E-state index >= 15 is 0 Å². The molecule has 0 fully saturated rings. The topological polar surface area (TPSA) is 30.7 Å². The van der Waals surface area contributed by atoms with E-state index in [2.05, 4.69) is 35.9 Å². The van der Waals surface area contributed by atoms with Gasteiger partial charge in [0.2, 0.25) is 0 Å². The van der Waals surface area contributed by atoms with Gasteiger partial charge in [0.25, 0.3) is 0 Å². The first-order chi connectivity index (χ1) is 7.18. The number of nitrogens with zero attached hydrogens (tertiary/aromatic N) is 3. The van der Waals surface area contributed by atoms with Crippen molar-refractivity contribution in [2.24, 2.45) is 7.05 Å². The van der Waals surface area contributed by atoms with Gasteiger partial charge in [-0.1, -0.05) is 13.8 Å². The van der Waals surface area contributed by atoms with Gasteiger partial charge in [0, 0.05) is 24.5 Å². The van der Waals surface area contributed by atoms with Crippen LogP contribution in [0.2, 0.25) is 0 Å². The van der Waals surface area contributed by atoms with Gasteiger partial charge < -0.3 is 4.57 Å². The quantitative estimate of drug-likeness (QED) is 0.747. The number of pyridine rings is 1. The zero-order valence-electron chi connectivity index (χ0n) is 9.31. The van der Waals surface area contributed by atoms with Gasteiger partial charge in [-0.3, -0.25) is 4.98 Å². The van der Waals surface area contributed by atoms with Crippen molar-refractivity contribution in [3.63, 3.8) is 0 Å². The number of rotatable bonds is 2. The first-order valence-electron chi connectivity index (χ1n) is 5.11. The Morgan fingerprint density at radius 3 is 2.47 bits per heavy atom. The fourth-order valence-corrected chi connectivity index (χ4v) is 1.53. The second-order valence-corrected chi connectivity index (χ2v) is 4.02. The highest BCUT2D eigenvalue weighted by Gasteiger charge is 2.04. The Bertz CT molecular complexity index is 440. The molecule has 0 spiro atoms. The van der Waals surface area contributed by atoms with Crippen molar-refractivity contribution in [2.45, 2.75) is 19.8 Å². The summed E-state index contributed by atoms with van der Waals surface area (Å²) in [5, 5.41) is 0. The van der Waals surface area contributed by atoms with Crippen molar-refractivity contribution >= 4 is 0 Å². The average molecular weight is 201 g/mol. The molecule has 0 aromatic carbocycles. The van der Waals surface area contributed by atoms with Gasteiger partial charge >= 0.3 is 0 Å². The molecule has 0 aliphatic carbocycles. The normalized spacial score (nSPS) is 10.9. The van der Waals surface area contributed by atoms with Crippen molar-refractivity contribution < 1.29 is 0 Å². The Kier molecular flexibility index (Phi) is 2.54. The fraction of sp³-hybridized carbons (Fsp3) is 0.333. The molecule has 3 nitrogen and oxygen atoms in total. The molecule has 0 aliphatic heterocycles. The number of imidazole rings is 1. The minimum atomic E-state index is 0.477. The summed E-state index contributed by atoms with van der Waals surface area (Å²) in [5.41, 5.74) is 3.33. The molecular weight excluding hydrogens is 186 g/mol. The molecule has 0 saturated heterocycles. The number of hydrogen-bond donors (Lipinski definition) is 0. The summed E-state index contributed by atoms with van der Waals surface area (Å²) in [6.45, 7) is 4.29. The van der Waals surface area contributed by atoms with Crippen LogP contribution in [0, 0.1) is 0 Å². The average Bonchev–Trinajstić information content (AvgIpc) is 2.65. The lowest BCUT2D eigenvalue weighted by molar-refractivity contribution is 0.822. The van der Waals surface area contributed by atoms with E-state index < -0.39 is 0 Å². The summed E-state index contributed by atoms with van der Waals surface area (Å²) in [6, 6.07) is 4.17. The molecule has 0 bridgehead atoms. The first kappa shape index (κ1) is 9.90. The van der Waals surface area contributed by atoms with E-state index in [0.717, 1.165) is 17.0 Å². The van der Waals surface area contributed by atoms with Gasteiger partial charge in [-0.15, -0.1) is 0 Å². The van der Waals surface area contributed by atoms with Crippen LogP contribution in [0.4, 0.5) is 0 Å². The van der Waals surface area contributed by atoms with E-state index in [1.54, 1.807) is 6.33 Å². The van der Waals surface area contributed by atoms with Crippen molar-refractivity contribution in [2.75, 3.05) is 0 Å². The predicted octanol–water partition coefficient (Wildman–Crippen LogP) is 2.61. The minimum Gasteiger partial charge on any atom is -0.334 e. The molecule has 78 valence electrons. The summed E-state index contributed by atoms with van der Waals surface area (Å²) in [7, 11) is 1.98. The maximum absolute atomic E-state index is 4.43. The van der Waals surface area contributed by atoms with Gasteiger partial charge in [-0.25, -0.2) is 4.98 Å². The Morgan fingerprint density at radius 1 is 1.20 bits per heavy atom. The summed E-state index contributed by atoms with van der Waals surface area (Å²) in [5.74, 6) is 0.477. The largest absolute Gasteiger partial charge is 0.334 e. The van der Waals surface area contributed by atoms with Crippen LogP contribution in [-0.2, 0) is 7.05 Å². The summed E-state index contributed by atoms with van der Waals surface area (Å²) in [4.78, 5) is 8.52. The molecular formula is C12H15N3. The number of aryl methyl sites for hydroxylation is 1. The maximum Gasteiger partial charge on any atom is 0.0948 e. The molecule has 3 heteroatoms. The third-order valence-corrected chi connectivity index (χ3v) is 2.49. The van der Waals surface area contributed by atoms with Crippen molar-refractivity contribution in [3.05, 3.63) is 36.5 Å². The van der Waals surface area contributed by atoms with Crippen molar-refractivity contribution in [1.29, 1.82) is 0 Å². The molecule has 0 saturated carbocycles. The highest BCUT2D eigenvalue weighted by molar-refractivity contribution is 5.57. The Hall–Kier alpha value is -1.64. The number of hydrogen-bond acceptors (Lipinski definition) is 2. The molecule has 0 radical (unpaired) electrons. The van der Waals surface area contributed by atoms with Crippen LogP contribution in [-0.4, -0.2) is 14.5 Å². The molecule has 0 amide bonds. The van der Waals surface area contributed by atoms with E-state index in [4.69, 9.17) is 0 Å². The highest BCUT2D eigenvalue weighted by Crippen LogP contribution is 2.19. The second kappa shape index (κ2) is 3.85. The summed E-state index contributed by atoms with van der Waals surface area (Å²) in [6.07, 6.45) is 5.56. The summed E-state index contributed by atoms with van der Waals surface area (Å²) >= 11 is 0. The molecule has 2 heterocycles. The molecule has 0 N–H and O–H groups in total. The third-order valence-electron chi connectivity index (χ3n) is 2.49. The lowest BCUT2D eigenvalue weighted by atomic mass is 10.1. The standard InChI is InChI=1S/C12H15N3/c1-9(2)11-5-4-10(6-14-11)12-7-13-8-15(12)3/h4-9H,1-3H3. The zero-order valence-corrected chi connectivity index (χ0v) is 9.31. The van der Waals surface area contributed by atoms with Crippen LogP contribution >= 0.6 is 0 Å². The molecule has 2 rings (SSSR count). The molecule has 0 atom stereocenters. The van der Waals surface area contributed by atoms with Crippen LogP contribution in [0.15, 0.2) is 30.9 Å². The maximum atomic E-state index is 4.43. The van der Waals surface area contributed by atoms with Crippen LogP contribution in [0.25, 0.3) is 11.3 Å². The Labute approximate surface area is 89.8 Å². The smallest absolute Gasteiger partial charge is 0.0948 e. The van der Waals surface area contributed by atoms with E-state index in [1.807, 2.05) is 24.0 Å². The van der Waals surface area contributed by atoms with Crippen molar-refractivity contribution in [3.8, 4) is 11.3 Å². The fourth-order valence-electron chi connectivity index (χ4n) is 1.53. The molecule has 0 unspecified atom stereocenters. The zero-order chi connectivity index (χ0) is 10.8. The van der Waals surface area contributed by atoms with Gasteiger partial charge in [0.1, 0.15) is 0 Å². The molecule has 2 aromatic rings. The molecule has 15 heavy (non-hydrogen) atoms.